The molecule has 1 N–H and O–H groups in total. The van der Waals surface area contributed by atoms with E-state index in [4.69, 9.17) is 4.42 Å². The van der Waals surface area contributed by atoms with E-state index in [1.165, 1.54) is 25.0 Å². The minimum atomic E-state index is -3.52. The van der Waals surface area contributed by atoms with Gasteiger partial charge in [0, 0.05) is 30.6 Å². The number of benzene rings is 1. The average molecular weight is 399 g/mol. The Labute approximate surface area is 159 Å². The molecule has 8 heteroatoms. The minimum Gasteiger partial charge on any atom is -0.423 e. The van der Waals surface area contributed by atoms with Crippen LogP contribution in [0.15, 0.2) is 44.4 Å². The molecule has 0 atom stereocenters. The van der Waals surface area contributed by atoms with Crippen LogP contribution in [0.25, 0.3) is 11.0 Å². The van der Waals surface area contributed by atoms with Gasteiger partial charge < -0.3 is 9.73 Å². The van der Waals surface area contributed by atoms with Gasteiger partial charge in [0.25, 0.3) is 0 Å². The maximum Gasteiger partial charge on any atom is 0.336 e. The van der Waals surface area contributed by atoms with E-state index in [0.29, 0.717) is 30.1 Å². The van der Waals surface area contributed by atoms with E-state index in [0.717, 1.165) is 25.3 Å². The summed E-state index contributed by atoms with van der Waals surface area (Å²) >= 11 is 0. The maximum absolute atomic E-state index is 12.9. The second kappa shape index (κ2) is 7.68. The normalized spacial score (nSPS) is 19.4. The van der Waals surface area contributed by atoms with E-state index in [-0.39, 0.29) is 17.3 Å². The highest BCUT2D eigenvalue weighted by Crippen LogP contribution is 2.28. The highest BCUT2D eigenvalue weighted by Gasteiger charge is 2.30. The third-order valence-corrected chi connectivity index (χ3v) is 6.97. The maximum atomic E-state index is 12.9. The first-order chi connectivity index (χ1) is 12.0. The number of piperidine rings is 1. The quantitative estimate of drug-likeness (QED) is 0.782. The van der Waals surface area contributed by atoms with Crippen molar-refractivity contribution < 1.29 is 12.8 Å². The molecule has 26 heavy (non-hydrogen) atoms. The molecule has 4 rings (SSSR count). The number of rotatable bonds is 5. The minimum absolute atomic E-state index is 0. The lowest BCUT2D eigenvalue weighted by atomic mass is 10.1. The first-order valence-corrected chi connectivity index (χ1v) is 10.2. The third-order valence-electron chi connectivity index (χ3n) is 5.07. The molecule has 1 aliphatic heterocycles. The summed E-state index contributed by atoms with van der Waals surface area (Å²) in [5, 5.41) is 4.17. The van der Waals surface area contributed by atoms with Gasteiger partial charge in [-0.25, -0.2) is 13.2 Å². The van der Waals surface area contributed by atoms with E-state index in [1.807, 2.05) is 0 Å². The topological polar surface area (TPSA) is 79.6 Å². The molecule has 0 amide bonds. The van der Waals surface area contributed by atoms with Gasteiger partial charge in [-0.3, -0.25) is 0 Å². The molecule has 2 fully saturated rings. The molecule has 142 valence electrons. The summed E-state index contributed by atoms with van der Waals surface area (Å²) in [4.78, 5) is 11.5. The fourth-order valence-electron chi connectivity index (χ4n) is 3.32. The summed E-state index contributed by atoms with van der Waals surface area (Å²) in [6, 6.07) is 7.94. The number of fused-ring (bicyclic) bond motifs is 1. The van der Waals surface area contributed by atoms with Crippen LogP contribution in [0.5, 0.6) is 0 Å². The van der Waals surface area contributed by atoms with Crippen LogP contribution in [0.2, 0.25) is 0 Å². The zero-order valence-electron chi connectivity index (χ0n) is 14.4. The number of nitrogens with zero attached hydrogens (tertiary/aromatic N) is 1. The van der Waals surface area contributed by atoms with Crippen molar-refractivity contribution >= 4 is 33.4 Å². The monoisotopic (exact) mass is 398 g/mol. The molecule has 2 aliphatic rings. The molecule has 1 aliphatic carbocycles. The second-order valence-electron chi connectivity index (χ2n) is 6.98. The number of halogens is 1. The van der Waals surface area contributed by atoms with Crippen molar-refractivity contribution in [1.82, 2.24) is 9.62 Å². The van der Waals surface area contributed by atoms with E-state index in [9.17, 15) is 13.2 Å². The zero-order chi connectivity index (χ0) is 17.4. The van der Waals surface area contributed by atoms with E-state index < -0.39 is 15.6 Å². The fourth-order valence-corrected chi connectivity index (χ4v) is 4.82. The van der Waals surface area contributed by atoms with Gasteiger partial charge in [-0.2, -0.15) is 4.31 Å². The Hall–Kier alpha value is -1.41. The summed E-state index contributed by atoms with van der Waals surface area (Å²) in [6.45, 7) is 2.13. The van der Waals surface area contributed by atoms with Crippen molar-refractivity contribution in [3.63, 3.8) is 0 Å². The molecule has 1 saturated heterocycles. The van der Waals surface area contributed by atoms with Crippen LogP contribution in [0.1, 0.15) is 25.7 Å². The molecule has 1 aromatic heterocycles. The molecule has 1 saturated carbocycles. The highest BCUT2D eigenvalue weighted by molar-refractivity contribution is 7.89. The lowest BCUT2D eigenvalue weighted by Crippen LogP contribution is -2.45. The Balaban J connectivity index is 0.00000196. The van der Waals surface area contributed by atoms with Crippen molar-refractivity contribution in [2.45, 2.75) is 36.6 Å². The summed E-state index contributed by atoms with van der Waals surface area (Å²) in [7, 11) is -3.52. The third kappa shape index (κ3) is 4.11. The largest absolute Gasteiger partial charge is 0.423 e. The molecule has 2 heterocycles. The molecular formula is C18H23ClN2O4S. The van der Waals surface area contributed by atoms with Crippen molar-refractivity contribution in [3.8, 4) is 0 Å². The Morgan fingerprint density at radius 2 is 1.81 bits per heavy atom. The smallest absolute Gasteiger partial charge is 0.336 e. The van der Waals surface area contributed by atoms with Gasteiger partial charge in [-0.15, -0.1) is 12.4 Å². The van der Waals surface area contributed by atoms with Crippen LogP contribution in [0.3, 0.4) is 0 Å². The molecule has 0 radical (unpaired) electrons. The zero-order valence-corrected chi connectivity index (χ0v) is 16.0. The van der Waals surface area contributed by atoms with Gasteiger partial charge >= 0.3 is 5.63 Å². The fraction of sp³-hybridized carbons (Fsp3) is 0.500. The molecule has 1 aromatic carbocycles. The van der Waals surface area contributed by atoms with E-state index in [1.54, 1.807) is 22.5 Å². The van der Waals surface area contributed by atoms with Crippen molar-refractivity contribution in [3.05, 3.63) is 40.8 Å². The van der Waals surface area contributed by atoms with Crippen molar-refractivity contribution in [1.29, 1.82) is 0 Å². The number of sulfonamides is 1. The van der Waals surface area contributed by atoms with Crippen LogP contribution in [0.4, 0.5) is 0 Å². The van der Waals surface area contributed by atoms with Crippen molar-refractivity contribution in [2.24, 2.45) is 5.92 Å². The predicted octanol–water partition coefficient (Wildman–Crippen LogP) is 2.37. The molecule has 2 aromatic rings. The highest BCUT2D eigenvalue weighted by atomic mass is 35.5. The van der Waals surface area contributed by atoms with Gasteiger partial charge in [-0.1, -0.05) is 0 Å². The van der Waals surface area contributed by atoms with E-state index >= 15 is 0 Å². The summed E-state index contributed by atoms with van der Waals surface area (Å²) in [5.41, 5.74) is -0.0432. The van der Waals surface area contributed by atoms with Crippen LogP contribution in [0, 0.1) is 5.92 Å². The second-order valence-corrected chi connectivity index (χ2v) is 8.92. The standard InChI is InChI=1S/C18H22N2O4S.ClH/c21-18-6-3-14-11-16(4-5-17(14)24-18)25(22,23)20-9-7-15(8-10-20)19-12-13-1-2-13;/h3-6,11,13,15,19H,1-2,7-10,12H2;1H. The van der Waals surface area contributed by atoms with Gasteiger partial charge in [0.05, 0.1) is 4.90 Å². The Bertz CT molecular complexity index is 932. The molecule has 0 unspecified atom stereocenters. The van der Waals surface area contributed by atoms with Gasteiger partial charge in [0.2, 0.25) is 10.0 Å². The summed E-state index contributed by atoms with van der Waals surface area (Å²) in [5.74, 6) is 0.833. The molecule has 6 nitrogen and oxygen atoms in total. The number of hydrogen-bond acceptors (Lipinski definition) is 5. The Kier molecular flexibility index (Phi) is 5.72. The SMILES string of the molecule is Cl.O=c1ccc2cc(S(=O)(=O)N3CCC(NCC4CC4)CC3)ccc2o1. The van der Waals surface area contributed by atoms with Gasteiger partial charge in [-0.05, 0) is 62.4 Å². The first-order valence-electron chi connectivity index (χ1n) is 8.80. The van der Waals surface area contributed by atoms with E-state index in [2.05, 4.69) is 5.32 Å². The van der Waals surface area contributed by atoms with Crippen molar-refractivity contribution in [2.75, 3.05) is 19.6 Å². The van der Waals surface area contributed by atoms with Crippen LogP contribution in [-0.4, -0.2) is 38.4 Å². The Morgan fingerprint density at radius 3 is 2.50 bits per heavy atom. The summed E-state index contributed by atoms with van der Waals surface area (Å²) < 4.78 is 32.4. The van der Waals surface area contributed by atoms with Crippen LogP contribution in [-0.2, 0) is 10.0 Å². The lowest BCUT2D eigenvalue weighted by Gasteiger charge is -2.31. The Morgan fingerprint density at radius 1 is 1.08 bits per heavy atom. The first kappa shape index (κ1) is 19.4. The van der Waals surface area contributed by atoms with Gasteiger partial charge in [0.1, 0.15) is 5.58 Å². The molecular weight excluding hydrogens is 376 g/mol. The number of nitrogens with one attached hydrogen (secondary N) is 1. The average Bonchev–Trinajstić information content (AvgIpc) is 3.44. The number of hydrogen-bond donors (Lipinski definition) is 1. The van der Waals surface area contributed by atoms with Crippen LogP contribution >= 0.6 is 12.4 Å². The summed E-state index contributed by atoms with van der Waals surface area (Å²) in [6.07, 6.45) is 4.33. The molecule has 0 bridgehead atoms. The van der Waals surface area contributed by atoms with Gasteiger partial charge in [0.15, 0.2) is 0 Å². The van der Waals surface area contributed by atoms with Crippen LogP contribution < -0.4 is 10.9 Å². The molecule has 0 spiro atoms. The lowest BCUT2D eigenvalue weighted by molar-refractivity contribution is 0.288. The predicted molar refractivity (Wildman–Crippen MR) is 102 cm³/mol.